The number of ketones is 1. The first kappa shape index (κ1) is 29.5. The van der Waals surface area contributed by atoms with Crippen molar-refractivity contribution in [2.75, 3.05) is 26.6 Å². The summed E-state index contributed by atoms with van der Waals surface area (Å²) in [7, 11) is 3.18. The van der Waals surface area contributed by atoms with Gasteiger partial charge in [0.2, 0.25) is 5.88 Å². The number of para-hydroxylation sites is 1. The number of Topliss-reactive ketones (excluding diaryl/α,β-unsaturated/α-hetero) is 1. The van der Waals surface area contributed by atoms with Crippen LogP contribution in [0.15, 0.2) is 42.6 Å². The number of hydrogen-bond donors (Lipinski definition) is 2. The molecule has 3 heterocycles. The van der Waals surface area contributed by atoms with Gasteiger partial charge in [0, 0.05) is 20.3 Å². The van der Waals surface area contributed by atoms with Gasteiger partial charge in [0.05, 0.1) is 32.3 Å². The number of carbonyl (C=O) groups is 1. The SMILES string of the molecule is CC.CCOc1cccc(-c2nc3ncc(N)nc3n2-c2c(OC)cccc2OC)n1.O=C1CC(S(=O)O)C1.[HH]. The lowest BCUT2D eigenvalue weighted by Gasteiger charge is -2.18. The predicted octanol–water partition coefficient (Wildman–Crippen LogP) is 4.09. The topological polar surface area (TPSA) is 165 Å². The van der Waals surface area contributed by atoms with Crippen LogP contribution in [-0.4, -0.2) is 65.1 Å². The number of anilines is 1. The molecule has 1 aromatic carbocycles. The number of ether oxygens (including phenoxy) is 3. The molecule has 0 saturated heterocycles. The average molecular weight is 559 g/mol. The fourth-order valence-electron chi connectivity index (χ4n) is 3.66. The second kappa shape index (κ2) is 13.6. The molecule has 1 fully saturated rings. The first-order valence-electron chi connectivity index (χ1n) is 12.3. The first-order chi connectivity index (χ1) is 18.9. The number of nitrogen functional groups attached to an aromatic ring is 1. The maximum absolute atomic E-state index is 10.2. The molecule has 1 saturated carbocycles. The summed E-state index contributed by atoms with van der Waals surface area (Å²) in [5, 5.41) is -0.262. The van der Waals surface area contributed by atoms with Gasteiger partial charge in [0.15, 0.2) is 28.2 Å². The van der Waals surface area contributed by atoms with Crippen LogP contribution in [0.25, 0.3) is 28.5 Å². The van der Waals surface area contributed by atoms with E-state index in [0.29, 0.717) is 65.3 Å². The lowest BCUT2D eigenvalue weighted by Crippen LogP contribution is -2.32. The Kier molecular flexibility index (Phi) is 10.3. The van der Waals surface area contributed by atoms with Gasteiger partial charge in [-0.3, -0.25) is 9.36 Å². The molecule has 5 rings (SSSR count). The molecule has 0 bridgehead atoms. The Morgan fingerprint density at radius 2 is 1.72 bits per heavy atom. The summed E-state index contributed by atoms with van der Waals surface area (Å²) in [4.78, 5) is 28.2. The Bertz CT molecular complexity index is 1440. The Morgan fingerprint density at radius 1 is 1.08 bits per heavy atom. The molecule has 39 heavy (non-hydrogen) atoms. The van der Waals surface area contributed by atoms with E-state index in [4.69, 9.17) is 24.5 Å². The number of carbonyl (C=O) groups excluding carboxylic acids is 1. The van der Waals surface area contributed by atoms with E-state index in [2.05, 4.69) is 19.9 Å². The van der Waals surface area contributed by atoms with E-state index >= 15 is 0 Å². The van der Waals surface area contributed by atoms with Crippen molar-refractivity contribution < 1.29 is 29.2 Å². The Labute approximate surface area is 230 Å². The van der Waals surface area contributed by atoms with Gasteiger partial charge < -0.3 is 24.5 Å². The van der Waals surface area contributed by atoms with E-state index in [1.165, 1.54) is 6.20 Å². The third kappa shape index (κ3) is 6.67. The highest BCUT2D eigenvalue weighted by Gasteiger charge is 2.30. The van der Waals surface area contributed by atoms with Gasteiger partial charge in [-0.15, -0.1) is 0 Å². The molecule has 3 aromatic heterocycles. The Hall–Kier alpha value is -4.10. The molecule has 12 nitrogen and oxygen atoms in total. The number of rotatable bonds is 7. The van der Waals surface area contributed by atoms with Crippen molar-refractivity contribution in [3.63, 3.8) is 0 Å². The van der Waals surface area contributed by atoms with Crippen molar-refractivity contribution in [2.24, 2.45) is 0 Å². The highest BCUT2D eigenvalue weighted by molar-refractivity contribution is 7.80. The van der Waals surface area contributed by atoms with Gasteiger partial charge in [-0.25, -0.2) is 24.1 Å². The standard InChI is InChI=1S/C20H20N6O3.C4H6O3S.C2H6.H2/c1-4-29-16-10-5-7-12(23-16)19-25-18-20(24-15(21)11-22-18)26(19)17-13(27-2)8-6-9-14(17)28-3;5-3-1-4(2-3)8(6)7;1-2;/h5-11H,4H2,1-3H3,(H2,21,24);4H,1-2H2,(H,6,7);1-2H3;1H. The van der Waals surface area contributed by atoms with Crippen LogP contribution in [0.5, 0.6) is 17.4 Å². The van der Waals surface area contributed by atoms with Gasteiger partial charge in [-0.1, -0.05) is 26.0 Å². The van der Waals surface area contributed by atoms with Crippen molar-refractivity contribution in [3.05, 3.63) is 42.6 Å². The maximum atomic E-state index is 10.2. The van der Waals surface area contributed by atoms with Crippen LogP contribution < -0.4 is 19.9 Å². The molecule has 1 atom stereocenters. The third-order valence-corrected chi connectivity index (χ3v) is 6.36. The van der Waals surface area contributed by atoms with Gasteiger partial charge in [0.25, 0.3) is 0 Å². The number of fused-ring (bicyclic) bond motifs is 1. The fourth-order valence-corrected chi connectivity index (χ4v) is 4.32. The summed E-state index contributed by atoms with van der Waals surface area (Å²) in [6.45, 7) is 6.41. The summed E-state index contributed by atoms with van der Waals surface area (Å²) in [5.41, 5.74) is 8.01. The molecule has 13 heteroatoms. The minimum atomic E-state index is -1.77. The Balaban J connectivity index is 0.000000435. The zero-order chi connectivity index (χ0) is 28.5. The zero-order valence-electron chi connectivity index (χ0n) is 22.5. The second-order valence-corrected chi connectivity index (χ2v) is 9.08. The summed E-state index contributed by atoms with van der Waals surface area (Å²) in [6, 6.07) is 11.0. The average Bonchev–Trinajstić information content (AvgIpc) is 3.30. The largest absolute Gasteiger partial charge is 0.494 e. The van der Waals surface area contributed by atoms with E-state index in [0.717, 1.165) is 0 Å². The number of benzene rings is 1. The normalized spacial score (nSPS) is 13.3. The molecule has 0 radical (unpaired) electrons. The molecule has 210 valence electrons. The molecular weight excluding hydrogens is 524 g/mol. The minimum absolute atomic E-state index is 0. The molecule has 0 aliphatic heterocycles. The number of imidazole rings is 1. The molecule has 0 amide bonds. The van der Waals surface area contributed by atoms with Crippen LogP contribution in [0.2, 0.25) is 0 Å². The lowest BCUT2D eigenvalue weighted by atomic mass is 9.98. The molecular formula is C26H34N6O6S. The van der Waals surface area contributed by atoms with Gasteiger partial charge in [0.1, 0.15) is 34.5 Å². The van der Waals surface area contributed by atoms with Crippen LogP contribution in [0.1, 0.15) is 35.0 Å². The van der Waals surface area contributed by atoms with E-state index in [1.807, 2.05) is 51.1 Å². The number of nitrogens with two attached hydrogens (primary N) is 1. The monoisotopic (exact) mass is 558 g/mol. The second-order valence-electron chi connectivity index (χ2n) is 7.86. The number of aromatic nitrogens is 5. The number of nitrogens with zero attached hydrogens (tertiary/aromatic N) is 5. The van der Waals surface area contributed by atoms with Crippen molar-refractivity contribution >= 4 is 34.0 Å². The van der Waals surface area contributed by atoms with Gasteiger partial charge in [-0.2, -0.15) is 0 Å². The molecule has 1 unspecified atom stereocenters. The van der Waals surface area contributed by atoms with Crippen LogP contribution in [-0.2, 0) is 15.9 Å². The Morgan fingerprint density at radius 3 is 2.26 bits per heavy atom. The maximum Gasteiger partial charge on any atom is 0.213 e. The summed E-state index contributed by atoms with van der Waals surface area (Å²) in [6.07, 6.45) is 2.05. The molecule has 3 N–H and O–H groups in total. The first-order valence-corrected chi connectivity index (χ1v) is 13.5. The van der Waals surface area contributed by atoms with E-state index in [-0.39, 0.29) is 18.3 Å². The molecule has 0 spiro atoms. The quantitative estimate of drug-likeness (QED) is 0.314. The van der Waals surface area contributed by atoms with Crippen molar-refractivity contribution in [3.8, 4) is 34.6 Å². The number of methoxy groups -OCH3 is 2. The molecule has 4 aromatic rings. The summed E-state index contributed by atoms with van der Waals surface area (Å²) in [5.74, 6) is 2.53. The molecule has 1 aliphatic rings. The van der Waals surface area contributed by atoms with Crippen LogP contribution in [0.3, 0.4) is 0 Å². The molecule has 1 aliphatic carbocycles. The van der Waals surface area contributed by atoms with Gasteiger partial charge >= 0.3 is 0 Å². The minimum Gasteiger partial charge on any atom is -0.494 e. The highest BCUT2D eigenvalue weighted by Crippen LogP contribution is 2.37. The van der Waals surface area contributed by atoms with E-state index in [1.54, 1.807) is 24.9 Å². The van der Waals surface area contributed by atoms with Crippen molar-refractivity contribution in [1.29, 1.82) is 0 Å². The van der Waals surface area contributed by atoms with Crippen molar-refractivity contribution in [1.82, 2.24) is 24.5 Å². The van der Waals surface area contributed by atoms with Crippen LogP contribution in [0, 0.1) is 0 Å². The van der Waals surface area contributed by atoms with E-state index in [9.17, 15) is 9.00 Å². The van der Waals surface area contributed by atoms with Gasteiger partial charge in [-0.05, 0) is 25.1 Å². The number of hydrogen-bond acceptors (Lipinski definition) is 10. The predicted molar refractivity (Wildman–Crippen MR) is 151 cm³/mol. The van der Waals surface area contributed by atoms with Crippen LogP contribution in [0.4, 0.5) is 5.82 Å². The summed E-state index contributed by atoms with van der Waals surface area (Å²) >= 11 is -1.77. The number of pyridine rings is 1. The lowest BCUT2D eigenvalue weighted by molar-refractivity contribution is -0.123. The third-order valence-electron chi connectivity index (χ3n) is 5.46. The smallest absolute Gasteiger partial charge is 0.213 e. The van der Waals surface area contributed by atoms with E-state index < -0.39 is 11.1 Å². The van der Waals surface area contributed by atoms with Crippen LogP contribution >= 0.6 is 0 Å². The van der Waals surface area contributed by atoms with Crippen molar-refractivity contribution in [2.45, 2.75) is 38.9 Å². The fraction of sp³-hybridized carbons (Fsp3) is 0.346. The highest BCUT2D eigenvalue weighted by atomic mass is 32.2. The summed E-state index contributed by atoms with van der Waals surface area (Å²) < 4.78 is 36.9. The zero-order valence-corrected chi connectivity index (χ0v) is 23.3.